The SMILES string of the molecule is CCCCCCCCC(CCCCCCCCC(=O)O)OS(=O)(=O)O. The summed E-state index contributed by atoms with van der Waals surface area (Å²) in [4.78, 5) is 10.4. The highest BCUT2D eigenvalue weighted by molar-refractivity contribution is 7.80. The van der Waals surface area contributed by atoms with Crippen LogP contribution in [0.1, 0.15) is 103 Å². The molecule has 6 nitrogen and oxygen atoms in total. The van der Waals surface area contributed by atoms with E-state index in [9.17, 15) is 13.2 Å². The third kappa shape index (κ3) is 19.5. The number of aliphatic carboxylic acids is 1. The first-order valence-corrected chi connectivity index (χ1v) is 11.1. The first kappa shape index (κ1) is 24.3. The molecule has 0 aromatic heterocycles. The summed E-state index contributed by atoms with van der Waals surface area (Å²) >= 11 is 0. The number of unbranched alkanes of at least 4 members (excludes halogenated alkanes) is 10. The molecule has 0 radical (unpaired) electrons. The van der Waals surface area contributed by atoms with Crippen molar-refractivity contribution in [3.05, 3.63) is 0 Å². The summed E-state index contributed by atoms with van der Waals surface area (Å²) in [5.41, 5.74) is 0. The topological polar surface area (TPSA) is 101 Å². The highest BCUT2D eigenvalue weighted by Gasteiger charge is 2.16. The smallest absolute Gasteiger partial charge is 0.397 e. The number of hydrogen-bond acceptors (Lipinski definition) is 4. The van der Waals surface area contributed by atoms with Gasteiger partial charge in [-0.1, -0.05) is 77.6 Å². The van der Waals surface area contributed by atoms with Crippen LogP contribution in [0.2, 0.25) is 0 Å². The van der Waals surface area contributed by atoms with Crippen LogP contribution in [0.4, 0.5) is 0 Å². The monoisotopic (exact) mass is 380 g/mol. The zero-order chi connectivity index (χ0) is 19.0. The number of hydrogen-bond donors (Lipinski definition) is 2. The maximum absolute atomic E-state index is 11.0. The molecule has 0 saturated carbocycles. The van der Waals surface area contributed by atoms with Crippen molar-refractivity contribution in [1.82, 2.24) is 0 Å². The highest BCUT2D eigenvalue weighted by Crippen LogP contribution is 2.18. The number of carboxylic acids is 1. The number of carboxylic acid groups (broad SMARTS) is 1. The Bertz CT molecular complexity index is 421. The maximum atomic E-state index is 11.0. The summed E-state index contributed by atoms with van der Waals surface area (Å²) in [6, 6.07) is 0. The van der Waals surface area contributed by atoms with Crippen LogP contribution in [0.25, 0.3) is 0 Å². The van der Waals surface area contributed by atoms with Crippen LogP contribution in [0.3, 0.4) is 0 Å². The molecular formula is C18H36O6S. The molecule has 0 saturated heterocycles. The van der Waals surface area contributed by atoms with E-state index in [1.807, 2.05) is 0 Å². The lowest BCUT2D eigenvalue weighted by Gasteiger charge is -2.15. The standard InChI is InChI=1S/C18H36O6S/c1-2-3-4-5-8-11-14-17(24-25(21,22)23)15-12-9-6-7-10-13-16-18(19)20/h17H,2-16H2,1H3,(H,19,20)(H,21,22,23). The van der Waals surface area contributed by atoms with Crippen LogP contribution in [0.5, 0.6) is 0 Å². The van der Waals surface area contributed by atoms with E-state index in [2.05, 4.69) is 6.92 Å². The summed E-state index contributed by atoms with van der Waals surface area (Å²) in [7, 11) is -4.39. The largest absolute Gasteiger partial charge is 0.481 e. The molecule has 0 fully saturated rings. The summed E-state index contributed by atoms with van der Waals surface area (Å²) in [6.07, 6.45) is 13.3. The molecule has 0 aromatic rings. The van der Waals surface area contributed by atoms with Gasteiger partial charge in [0, 0.05) is 6.42 Å². The second-order valence-corrected chi connectivity index (χ2v) is 7.80. The van der Waals surface area contributed by atoms with Crippen molar-refractivity contribution in [2.75, 3.05) is 0 Å². The van der Waals surface area contributed by atoms with E-state index in [1.165, 1.54) is 19.3 Å². The van der Waals surface area contributed by atoms with Gasteiger partial charge in [0.25, 0.3) is 0 Å². The van der Waals surface area contributed by atoms with Gasteiger partial charge in [0.15, 0.2) is 0 Å². The lowest BCUT2D eigenvalue weighted by Crippen LogP contribution is -2.18. The van der Waals surface area contributed by atoms with Gasteiger partial charge in [0.05, 0.1) is 6.10 Å². The van der Waals surface area contributed by atoms with Crippen molar-refractivity contribution >= 4 is 16.4 Å². The Morgan fingerprint density at radius 2 is 1.28 bits per heavy atom. The molecule has 0 heterocycles. The minimum atomic E-state index is -4.39. The lowest BCUT2D eigenvalue weighted by atomic mass is 10.0. The Labute approximate surface area is 153 Å². The summed E-state index contributed by atoms with van der Waals surface area (Å²) in [5.74, 6) is -0.750. The minimum absolute atomic E-state index is 0.225. The Morgan fingerprint density at radius 1 is 0.840 bits per heavy atom. The van der Waals surface area contributed by atoms with Gasteiger partial charge in [-0.05, 0) is 19.3 Å². The van der Waals surface area contributed by atoms with Crippen molar-refractivity contribution in [3.63, 3.8) is 0 Å². The zero-order valence-corrected chi connectivity index (χ0v) is 16.4. The van der Waals surface area contributed by atoms with Crippen LogP contribution in [-0.2, 0) is 19.4 Å². The Morgan fingerprint density at radius 3 is 1.72 bits per heavy atom. The molecule has 150 valence electrons. The van der Waals surface area contributed by atoms with Crippen molar-refractivity contribution in [1.29, 1.82) is 0 Å². The Balaban J connectivity index is 3.82. The van der Waals surface area contributed by atoms with Gasteiger partial charge in [0.1, 0.15) is 0 Å². The molecule has 0 amide bonds. The summed E-state index contributed by atoms with van der Waals surface area (Å²) in [5, 5.41) is 8.56. The molecule has 0 bridgehead atoms. The molecule has 0 rings (SSSR count). The lowest BCUT2D eigenvalue weighted by molar-refractivity contribution is -0.137. The fourth-order valence-corrected chi connectivity index (χ4v) is 3.46. The third-order valence-electron chi connectivity index (χ3n) is 4.30. The number of rotatable bonds is 18. The second kappa shape index (κ2) is 15.6. The van der Waals surface area contributed by atoms with Crippen molar-refractivity contribution < 1.29 is 27.1 Å². The normalized spacial score (nSPS) is 13.0. The van der Waals surface area contributed by atoms with Gasteiger partial charge in [-0.3, -0.25) is 9.35 Å². The predicted octanol–water partition coefficient (Wildman–Crippen LogP) is 5.13. The van der Waals surface area contributed by atoms with Crippen LogP contribution < -0.4 is 0 Å². The molecule has 1 atom stereocenters. The van der Waals surface area contributed by atoms with E-state index in [-0.39, 0.29) is 6.42 Å². The summed E-state index contributed by atoms with van der Waals surface area (Å²) in [6.45, 7) is 2.17. The average molecular weight is 381 g/mol. The van der Waals surface area contributed by atoms with Crippen LogP contribution in [0, 0.1) is 0 Å². The Kier molecular flexibility index (Phi) is 15.2. The molecule has 0 spiro atoms. The van der Waals surface area contributed by atoms with E-state index in [1.54, 1.807) is 0 Å². The molecule has 2 N–H and O–H groups in total. The minimum Gasteiger partial charge on any atom is -0.481 e. The predicted molar refractivity (Wildman–Crippen MR) is 99.0 cm³/mol. The molecule has 0 aliphatic heterocycles. The van der Waals surface area contributed by atoms with E-state index in [0.717, 1.165) is 51.4 Å². The fraction of sp³-hybridized carbons (Fsp3) is 0.944. The summed E-state index contributed by atoms with van der Waals surface area (Å²) < 4.78 is 35.6. The molecule has 1 unspecified atom stereocenters. The average Bonchev–Trinajstić information content (AvgIpc) is 2.51. The first-order chi connectivity index (χ1) is 11.8. The molecule has 0 aliphatic rings. The third-order valence-corrected chi connectivity index (χ3v) is 4.82. The fourth-order valence-electron chi connectivity index (χ4n) is 2.92. The molecule has 0 aromatic carbocycles. The van der Waals surface area contributed by atoms with Crippen molar-refractivity contribution in [2.45, 2.75) is 109 Å². The van der Waals surface area contributed by atoms with E-state index in [0.29, 0.717) is 19.3 Å². The molecular weight excluding hydrogens is 344 g/mol. The highest BCUT2D eigenvalue weighted by atomic mass is 32.3. The van der Waals surface area contributed by atoms with Crippen molar-refractivity contribution in [3.8, 4) is 0 Å². The first-order valence-electron chi connectivity index (χ1n) is 9.72. The Hall–Kier alpha value is -0.660. The quantitative estimate of drug-likeness (QED) is 0.252. The van der Waals surface area contributed by atoms with E-state index >= 15 is 0 Å². The van der Waals surface area contributed by atoms with Gasteiger partial charge in [-0.2, -0.15) is 8.42 Å². The van der Waals surface area contributed by atoms with E-state index in [4.69, 9.17) is 13.8 Å². The van der Waals surface area contributed by atoms with Gasteiger partial charge in [0.2, 0.25) is 0 Å². The van der Waals surface area contributed by atoms with Gasteiger partial charge in [-0.15, -0.1) is 0 Å². The van der Waals surface area contributed by atoms with Crippen LogP contribution in [-0.4, -0.2) is 30.2 Å². The second-order valence-electron chi connectivity index (χ2n) is 6.76. The van der Waals surface area contributed by atoms with Gasteiger partial charge >= 0.3 is 16.4 Å². The van der Waals surface area contributed by atoms with Crippen LogP contribution >= 0.6 is 0 Å². The van der Waals surface area contributed by atoms with Gasteiger partial charge in [-0.25, -0.2) is 4.18 Å². The van der Waals surface area contributed by atoms with Gasteiger partial charge < -0.3 is 5.11 Å². The molecule has 25 heavy (non-hydrogen) atoms. The molecule has 7 heteroatoms. The van der Waals surface area contributed by atoms with E-state index < -0.39 is 22.5 Å². The number of carbonyl (C=O) groups is 1. The molecule has 0 aliphatic carbocycles. The zero-order valence-electron chi connectivity index (χ0n) is 15.6. The maximum Gasteiger partial charge on any atom is 0.397 e. The van der Waals surface area contributed by atoms with Crippen molar-refractivity contribution in [2.24, 2.45) is 0 Å². The van der Waals surface area contributed by atoms with Crippen LogP contribution in [0.15, 0.2) is 0 Å².